The number of aromatic nitrogens is 1. The Morgan fingerprint density at radius 3 is 2.62 bits per heavy atom. The second kappa shape index (κ2) is 4.57. The van der Waals surface area contributed by atoms with Crippen molar-refractivity contribution in [1.82, 2.24) is 4.98 Å². The first-order valence-electron chi connectivity index (χ1n) is 4.94. The molecule has 0 aliphatic carbocycles. The molecule has 2 rings (SSSR count). The van der Waals surface area contributed by atoms with Gasteiger partial charge >= 0.3 is 5.97 Å². The molecular weight excluding hydrogens is 202 g/mol. The van der Waals surface area contributed by atoms with E-state index in [-0.39, 0.29) is 5.97 Å². The van der Waals surface area contributed by atoms with Crippen LogP contribution in [0, 0.1) is 6.92 Å². The van der Waals surface area contributed by atoms with Crippen LogP contribution in [-0.4, -0.2) is 11.0 Å². The Bertz CT molecular complexity index is 494. The molecule has 0 aliphatic rings. The van der Waals surface area contributed by atoms with Crippen molar-refractivity contribution in [1.29, 1.82) is 0 Å². The van der Waals surface area contributed by atoms with Crippen LogP contribution in [0.2, 0.25) is 0 Å². The van der Waals surface area contributed by atoms with Crippen LogP contribution in [0.25, 0.3) is 0 Å². The molecule has 0 saturated carbocycles. The molecule has 0 N–H and O–H groups in total. The summed E-state index contributed by atoms with van der Waals surface area (Å²) in [6.07, 6.45) is 3.16. The quantitative estimate of drug-likeness (QED) is 0.720. The lowest BCUT2D eigenvalue weighted by atomic mass is 10.1. The Kier molecular flexibility index (Phi) is 2.96. The molecule has 0 unspecified atom stereocenters. The van der Waals surface area contributed by atoms with Crippen molar-refractivity contribution in [2.45, 2.75) is 6.92 Å². The van der Waals surface area contributed by atoms with Crippen LogP contribution in [0.4, 0.5) is 0 Å². The van der Waals surface area contributed by atoms with Gasteiger partial charge in [0.1, 0.15) is 5.75 Å². The molecule has 0 saturated heterocycles. The molecule has 0 fully saturated rings. The van der Waals surface area contributed by atoms with Crippen molar-refractivity contribution < 1.29 is 9.53 Å². The summed E-state index contributed by atoms with van der Waals surface area (Å²) in [5.74, 6) is 0.149. The summed E-state index contributed by atoms with van der Waals surface area (Å²) in [5, 5.41) is 0. The number of nitrogens with zero attached hydrogens (tertiary/aromatic N) is 1. The van der Waals surface area contributed by atoms with Crippen molar-refractivity contribution >= 4 is 5.97 Å². The lowest BCUT2D eigenvalue weighted by Crippen LogP contribution is -2.08. The SMILES string of the molecule is Cc1cccc(C(=O)Oc2ccncc2)c1. The maximum atomic E-state index is 11.7. The number of carbonyl (C=O) groups excluding carboxylic acids is 1. The monoisotopic (exact) mass is 213 g/mol. The number of carbonyl (C=O) groups is 1. The summed E-state index contributed by atoms with van der Waals surface area (Å²) >= 11 is 0. The highest BCUT2D eigenvalue weighted by Gasteiger charge is 2.07. The molecule has 2 aromatic rings. The second-order valence-electron chi connectivity index (χ2n) is 3.44. The van der Waals surface area contributed by atoms with Crippen molar-refractivity contribution in [2.24, 2.45) is 0 Å². The summed E-state index contributed by atoms with van der Waals surface area (Å²) in [6.45, 7) is 1.93. The first-order chi connectivity index (χ1) is 7.75. The fraction of sp³-hybridized carbons (Fsp3) is 0.0769. The summed E-state index contributed by atoms with van der Waals surface area (Å²) in [5.41, 5.74) is 1.58. The Labute approximate surface area is 93.7 Å². The average molecular weight is 213 g/mol. The standard InChI is InChI=1S/C13H11NO2/c1-10-3-2-4-11(9-10)13(15)16-12-5-7-14-8-6-12/h2-9H,1H3. The fourth-order valence-electron chi connectivity index (χ4n) is 1.34. The molecular formula is C13H11NO2. The molecule has 0 spiro atoms. The normalized spacial score (nSPS) is 9.81. The molecule has 3 heteroatoms. The largest absolute Gasteiger partial charge is 0.423 e. The van der Waals surface area contributed by atoms with Crippen LogP contribution in [0.1, 0.15) is 15.9 Å². The maximum absolute atomic E-state index is 11.7. The van der Waals surface area contributed by atoms with E-state index in [1.807, 2.05) is 19.1 Å². The zero-order valence-corrected chi connectivity index (χ0v) is 8.88. The summed E-state index contributed by atoms with van der Waals surface area (Å²) in [6, 6.07) is 10.6. The van der Waals surface area contributed by atoms with Crippen LogP contribution >= 0.6 is 0 Å². The van der Waals surface area contributed by atoms with Gasteiger partial charge in [0, 0.05) is 12.4 Å². The molecule has 3 nitrogen and oxygen atoms in total. The number of esters is 1. The van der Waals surface area contributed by atoms with Gasteiger partial charge in [0.15, 0.2) is 0 Å². The minimum absolute atomic E-state index is 0.352. The zero-order valence-electron chi connectivity index (χ0n) is 8.88. The molecule has 1 aromatic heterocycles. The van der Waals surface area contributed by atoms with Gasteiger partial charge in [0.25, 0.3) is 0 Å². The van der Waals surface area contributed by atoms with E-state index in [1.165, 1.54) is 0 Å². The third-order valence-corrected chi connectivity index (χ3v) is 2.11. The molecule has 0 bridgehead atoms. The van der Waals surface area contributed by atoms with Gasteiger partial charge in [-0.15, -0.1) is 0 Å². The summed E-state index contributed by atoms with van der Waals surface area (Å²) in [4.78, 5) is 15.6. The van der Waals surface area contributed by atoms with Gasteiger partial charge < -0.3 is 4.74 Å². The van der Waals surface area contributed by atoms with E-state index >= 15 is 0 Å². The van der Waals surface area contributed by atoms with Crippen molar-refractivity contribution in [3.8, 4) is 5.75 Å². The zero-order chi connectivity index (χ0) is 11.4. The van der Waals surface area contributed by atoms with E-state index < -0.39 is 0 Å². The highest BCUT2D eigenvalue weighted by Crippen LogP contribution is 2.11. The van der Waals surface area contributed by atoms with Gasteiger partial charge in [0.2, 0.25) is 0 Å². The second-order valence-corrected chi connectivity index (χ2v) is 3.44. The number of aryl methyl sites for hydroxylation is 1. The molecule has 80 valence electrons. The topological polar surface area (TPSA) is 39.2 Å². The van der Waals surface area contributed by atoms with Gasteiger partial charge in [-0.3, -0.25) is 4.98 Å². The maximum Gasteiger partial charge on any atom is 0.343 e. The van der Waals surface area contributed by atoms with E-state index in [2.05, 4.69) is 4.98 Å². The minimum Gasteiger partial charge on any atom is -0.423 e. The van der Waals surface area contributed by atoms with Gasteiger partial charge in [-0.05, 0) is 31.2 Å². The number of rotatable bonds is 2. The Morgan fingerprint density at radius 1 is 1.19 bits per heavy atom. The molecule has 0 amide bonds. The Balaban J connectivity index is 2.15. The van der Waals surface area contributed by atoms with E-state index in [9.17, 15) is 4.79 Å². The lowest BCUT2D eigenvalue weighted by molar-refractivity contribution is 0.0734. The first-order valence-corrected chi connectivity index (χ1v) is 4.94. The smallest absolute Gasteiger partial charge is 0.343 e. The number of ether oxygens (including phenoxy) is 1. The third kappa shape index (κ3) is 2.45. The van der Waals surface area contributed by atoms with Crippen LogP contribution in [-0.2, 0) is 0 Å². The third-order valence-electron chi connectivity index (χ3n) is 2.11. The molecule has 16 heavy (non-hydrogen) atoms. The van der Waals surface area contributed by atoms with Gasteiger partial charge in [0.05, 0.1) is 5.56 Å². The average Bonchev–Trinajstić information content (AvgIpc) is 2.30. The fourth-order valence-corrected chi connectivity index (χ4v) is 1.34. The minimum atomic E-state index is -0.352. The summed E-state index contributed by atoms with van der Waals surface area (Å²) in [7, 11) is 0. The molecule has 1 heterocycles. The number of hydrogen-bond donors (Lipinski definition) is 0. The predicted octanol–water partition coefficient (Wildman–Crippen LogP) is 2.61. The number of pyridine rings is 1. The highest BCUT2D eigenvalue weighted by atomic mass is 16.5. The van der Waals surface area contributed by atoms with E-state index in [0.29, 0.717) is 11.3 Å². The Morgan fingerprint density at radius 2 is 1.94 bits per heavy atom. The van der Waals surface area contributed by atoms with Gasteiger partial charge in [-0.1, -0.05) is 17.7 Å². The first kappa shape index (κ1) is 10.4. The van der Waals surface area contributed by atoms with Gasteiger partial charge in [-0.2, -0.15) is 0 Å². The van der Waals surface area contributed by atoms with Crippen molar-refractivity contribution in [2.75, 3.05) is 0 Å². The molecule has 1 aromatic carbocycles. The molecule has 0 atom stereocenters. The van der Waals surface area contributed by atoms with Crippen LogP contribution in [0.3, 0.4) is 0 Å². The van der Waals surface area contributed by atoms with Crippen LogP contribution < -0.4 is 4.74 Å². The Hall–Kier alpha value is -2.16. The predicted molar refractivity (Wildman–Crippen MR) is 60.4 cm³/mol. The van der Waals surface area contributed by atoms with E-state index in [0.717, 1.165) is 5.56 Å². The van der Waals surface area contributed by atoms with E-state index in [1.54, 1.807) is 36.7 Å². The molecule has 0 radical (unpaired) electrons. The van der Waals surface area contributed by atoms with Crippen LogP contribution in [0.5, 0.6) is 5.75 Å². The van der Waals surface area contributed by atoms with Gasteiger partial charge in [-0.25, -0.2) is 4.79 Å². The van der Waals surface area contributed by atoms with Crippen LogP contribution in [0.15, 0.2) is 48.8 Å². The highest BCUT2D eigenvalue weighted by molar-refractivity contribution is 5.91. The summed E-state index contributed by atoms with van der Waals surface area (Å²) < 4.78 is 5.18. The molecule has 0 aliphatic heterocycles. The lowest BCUT2D eigenvalue weighted by Gasteiger charge is -2.03. The number of benzene rings is 1. The number of hydrogen-bond acceptors (Lipinski definition) is 3. The van der Waals surface area contributed by atoms with E-state index in [4.69, 9.17) is 4.74 Å². The van der Waals surface area contributed by atoms with Crippen molar-refractivity contribution in [3.05, 3.63) is 59.9 Å². The van der Waals surface area contributed by atoms with Crippen molar-refractivity contribution in [3.63, 3.8) is 0 Å².